The highest BCUT2D eigenvalue weighted by Crippen LogP contribution is 2.42. The summed E-state index contributed by atoms with van der Waals surface area (Å²) in [5, 5.41) is 0.390. The van der Waals surface area contributed by atoms with E-state index in [4.69, 9.17) is 21.1 Å². The van der Waals surface area contributed by atoms with E-state index in [2.05, 4.69) is 11.8 Å². The van der Waals surface area contributed by atoms with Crippen LogP contribution in [-0.4, -0.2) is 48.7 Å². The maximum atomic E-state index is 12.8. The van der Waals surface area contributed by atoms with Crippen LogP contribution in [0.3, 0.4) is 0 Å². The molecule has 2 aliphatic rings. The van der Waals surface area contributed by atoms with Crippen molar-refractivity contribution in [3.05, 3.63) is 33.0 Å². The van der Waals surface area contributed by atoms with Crippen LogP contribution in [0.2, 0.25) is 0 Å². The third-order valence-corrected chi connectivity index (χ3v) is 6.40. The smallest absolute Gasteiger partial charge is 0.350 e. The molecule has 2 aromatic rings. The van der Waals surface area contributed by atoms with Crippen LogP contribution >= 0.6 is 0 Å². The Balaban J connectivity index is 1.80. The van der Waals surface area contributed by atoms with Gasteiger partial charge in [0.15, 0.2) is 5.75 Å². The summed E-state index contributed by atoms with van der Waals surface area (Å²) < 4.78 is 13.6. The highest BCUT2D eigenvalue weighted by molar-refractivity contribution is 5.90. The zero-order valence-corrected chi connectivity index (χ0v) is 17.8. The van der Waals surface area contributed by atoms with E-state index in [9.17, 15) is 9.59 Å². The molecule has 4 N–H and O–H groups in total. The number of rotatable bonds is 7. The van der Waals surface area contributed by atoms with Crippen molar-refractivity contribution in [3.63, 3.8) is 0 Å². The molecule has 3 atom stereocenters. The molecule has 1 aliphatic carbocycles. The van der Waals surface area contributed by atoms with E-state index in [1.165, 1.54) is 0 Å². The average molecular weight is 418 g/mol. The van der Waals surface area contributed by atoms with Gasteiger partial charge in [-0.05, 0) is 43.7 Å². The molecule has 2 heterocycles. The van der Waals surface area contributed by atoms with Crippen LogP contribution in [0, 0.1) is 11.8 Å². The van der Waals surface area contributed by atoms with E-state index in [-0.39, 0.29) is 18.0 Å². The Morgan fingerprint density at radius 3 is 2.60 bits per heavy atom. The van der Waals surface area contributed by atoms with Gasteiger partial charge in [0.1, 0.15) is 5.52 Å². The van der Waals surface area contributed by atoms with Crippen LogP contribution in [-0.2, 0) is 4.74 Å². The standard InChI is InChI=1S/C21H31N5O4/c1-4-30-11-16(22)15-10-24(9-12(15)2)17-8-7-14-18(19(17)29-3)25(13-5-6-13)21(28)26(23)20(14)27/h7-8,12-13,15-16H,4-6,9-11,22-23H2,1-3H3/t12?,15?,16-/m0/s1. The fraction of sp³-hybridized carbons (Fsp3) is 0.619. The molecule has 0 bridgehead atoms. The van der Waals surface area contributed by atoms with Gasteiger partial charge in [-0.3, -0.25) is 9.36 Å². The number of ether oxygens (including phenoxy) is 2. The van der Waals surface area contributed by atoms with E-state index in [0.29, 0.717) is 40.5 Å². The van der Waals surface area contributed by atoms with E-state index in [1.54, 1.807) is 17.7 Å². The third kappa shape index (κ3) is 3.35. The molecule has 30 heavy (non-hydrogen) atoms. The Morgan fingerprint density at radius 1 is 1.23 bits per heavy atom. The maximum Gasteiger partial charge on any atom is 0.350 e. The second kappa shape index (κ2) is 7.96. The molecule has 1 aromatic heterocycles. The average Bonchev–Trinajstić information content (AvgIpc) is 3.50. The first-order valence-corrected chi connectivity index (χ1v) is 10.6. The predicted octanol–water partition coefficient (Wildman–Crippen LogP) is 0.657. The summed E-state index contributed by atoms with van der Waals surface area (Å²) in [6, 6.07) is 3.62. The van der Waals surface area contributed by atoms with E-state index < -0.39 is 11.2 Å². The van der Waals surface area contributed by atoms with Gasteiger partial charge in [-0.1, -0.05) is 6.92 Å². The van der Waals surface area contributed by atoms with Crippen molar-refractivity contribution in [1.29, 1.82) is 0 Å². The van der Waals surface area contributed by atoms with Gasteiger partial charge in [0.05, 0.1) is 24.8 Å². The quantitative estimate of drug-likeness (QED) is 0.635. The molecule has 2 fully saturated rings. The number of hydrogen-bond acceptors (Lipinski definition) is 7. The predicted molar refractivity (Wildman–Crippen MR) is 117 cm³/mol. The van der Waals surface area contributed by atoms with Gasteiger partial charge in [0.2, 0.25) is 0 Å². The molecule has 1 saturated heterocycles. The van der Waals surface area contributed by atoms with Crippen LogP contribution in [0.1, 0.15) is 32.7 Å². The summed E-state index contributed by atoms with van der Waals surface area (Å²) in [4.78, 5) is 27.7. The highest BCUT2D eigenvalue weighted by atomic mass is 16.5. The molecule has 2 unspecified atom stereocenters. The summed E-state index contributed by atoms with van der Waals surface area (Å²) >= 11 is 0. The molecule has 9 nitrogen and oxygen atoms in total. The first-order chi connectivity index (χ1) is 14.4. The van der Waals surface area contributed by atoms with Crippen molar-refractivity contribution in [2.24, 2.45) is 17.6 Å². The first-order valence-electron chi connectivity index (χ1n) is 10.6. The largest absolute Gasteiger partial charge is 0.492 e. The van der Waals surface area contributed by atoms with Gasteiger partial charge in [0.25, 0.3) is 5.56 Å². The summed E-state index contributed by atoms with van der Waals surface area (Å²) in [6.07, 6.45) is 1.77. The van der Waals surface area contributed by atoms with Crippen LogP contribution in [0.15, 0.2) is 21.7 Å². The molecular formula is C21H31N5O4. The van der Waals surface area contributed by atoms with E-state index in [0.717, 1.165) is 31.6 Å². The molecule has 4 rings (SSSR count). The molecule has 164 valence electrons. The van der Waals surface area contributed by atoms with Crippen LogP contribution < -0.4 is 32.5 Å². The van der Waals surface area contributed by atoms with Gasteiger partial charge in [-0.2, -0.15) is 4.68 Å². The fourth-order valence-corrected chi connectivity index (χ4v) is 4.65. The molecule has 0 amide bonds. The Labute approximate surface area is 175 Å². The normalized spacial score (nSPS) is 22.6. The lowest BCUT2D eigenvalue weighted by atomic mass is 9.91. The van der Waals surface area contributed by atoms with Crippen molar-refractivity contribution in [3.8, 4) is 5.75 Å². The zero-order valence-electron chi connectivity index (χ0n) is 17.8. The Hall–Kier alpha value is -2.52. The number of hydrogen-bond donors (Lipinski definition) is 2. The number of anilines is 1. The van der Waals surface area contributed by atoms with E-state index >= 15 is 0 Å². The first kappa shape index (κ1) is 20.7. The van der Waals surface area contributed by atoms with E-state index in [1.807, 2.05) is 13.0 Å². The lowest BCUT2D eigenvalue weighted by Crippen LogP contribution is -2.44. The number of nitrogen functional groups attached to an aromatic ring is 1. The number of fused-ring (bicyclic) bond motifs is 1. The highest BCUT2D eigenvalue weighted by Gasteiger charge is 2.36. The maximum absolute atomic E-state index is 12.8. The second-order valence-corrected chi connectivity index (χ2v) is 8.44. The van der Waals surface area contributed by atoms with Crippen molar-refractivity contribution in [2.45, 2.75) is 38.8 Å². The molecule has 1 aliphatic heterocycles. The van der Waals surface area contributed by atoms with Crippen LogP contribution in [0.25, 0.3) is 10.9 Å². The minimum Gasteiger partial charge on any atom is -0.492 e. The molecule has 1 aromatic carbocycles. The Morgan fingerprint density at radius 2 is 1.97 bits per heavy atom. The van der Waals surface area contributed by atoms with Crippen molar-refractivity contribution in [1.82, 2.24) is 9.24 Å². The number of nitrogens with two attached hydrogens (primary N) is 2. The van der Waals surface area contributed by atoms with Gasteiger partial charge in [0, 0.05) is 31.8 Å². The lowest BCUT2D eigenvalue weighted by Gasteiger charge is -2.25. The summed E-state index contributed by atoms with van der Waals surface area (Å²) in [5.74, 6) is 6.97. The summed E-state index contributed by atoms with van der Waals surface area (Å²) in [7, 11) is 1.58. The van der Waals surface area contributed by atoms with Crippen LogP contribution in [0.5, 0.6) is 5.75 Å². The molecule has 0 spiro atoms. The second-order valence-electron chi connectivity index (χ2n) is 8.44. The molecule has 0 radical (unpaired) electrons. The van der Waals surface area contributed by atoms with Crippen molar-refractivity contribution >= 4 is 16.6 Å². The molecule has 9 heteroatoms. The van der Waals surface area contributed by atoms with Crippen molar-refractivity contribution in [2.75, 3.05) is 44.2 Å². The Kier molecular flexibility index (Phi) is 5.50. The fourth-order valence-electron chi connectivity index (χ4n) is 4.65. The summed E-state index contributed by atoms with van der Waals surface area (Å²) in [5.41, 5.74) is 6.78. The zero-order chi connectivity index (χ0) is 21.6. The SMILES string of the molecule is CCOC[C@H](N)C1CN(c2ccc3c(=O)n(N)c(=O)n(C4CC4)c3c2OC)CC1C. The third-order valence-electron chi connectivity index (χ3n) is 6.40. The van der Waals surface area contributed by atoms with Gasteiger partial charge in [-0.25, -0.2) is 4.79 Å². The summed E-state index contributed by atoms with van der Waals surface area (Å²) in [6.45, 7) is 6.91. The lowest BCUT2D eigenvalue weighted by molar-refractivity contribution is 0.113. The van der Waals surface area contributed by atoms with Crippen LogP contribution in [0.4, 0.5) is 5.69 Å². The monoisotopic (exact) mass is 417 g/mol. The van der Waals surface area contributed by atoms with Gasteiger partial charge < -0.3 is 25.9 Å². The number of nitrogens with zero attached hydrogens (tertiary/aromatic N) is 3. The minimum atomic E-state index is -0.511. The van der Waals surface area contributed by atoms with Gasteiger partial charge >= 0.3 is 5.69 Å². The molecular weight excluding hydrogens is 386 g/mol. The number of methoxy groups -OCH3 is 1. The topological polar surface area (TPSA) is 118 Å². The Bertz CT molecular complexity index is 1060. The molecule has 1 saturated carbocycles. The van der Waals surface area contributed by atoms with Crippen molar-refractivity contribution < 1.29 is 9.47 Å². The minimum absolute atomic E-state index is 0.0458. The number of benzene rings is 1. The van der Waals surface area contributed by atoms with Gasteiger partial charge in [-0.15, -0.1) is 0 Å². The number of aromatic nitrogens is 2.